The number of rotatable bonds is 4. The lowest BCUT2D eigenvalue weighted by Crippen LogP contribution is -2.12. The molecule has 0 saturated heterocycles. The number of carbonyl (C=O) groups is 2. The molecule has 2 N–H and O–H groups in total. The number of carboxylic acid groups (broad SMARTS) is 1. The van der Waals surface area contributed by atoms with E-state index in [0.29, 0.717) is 5.69 Å². The number of hydrogen-bond acceptors (Lipinski definition) is 4. The number of nitrogens with zero attached hydrogens (tertiary/aromatic N) is 3. The first-order valence-electron chi connectivity index (χ1n) is 5.21. The molecule has 1 amide bonds. The molecule has 7 nitrogen and oxygen atoms in total. The van der Waals surface area contributed by atoms with Gasteiger partial charge in [-0.1, -0.05) is 0 Å². The molecule has 2 aromatic rings. The van der Waals surface area contributed by atoms with Gasteiger partial charge in [0.15, 0.2) is 0 Å². The predicted octanol–water partition coefficient (Wildman–Crippen LogP) is 0.754. The fourth-order valence-electron chi connectivity index (χ4n) is 1.39. The first kappa shape index (κ1) is 12.7. The van der Waals surface area contributed by atoms with Crippen LogP contribution < -0.4 is 5.32 Å². The van der Waals surface area contributed by atoms with E-state index in [2.05, 4.69) is 15.4 Å². The molecule has 19 heavy (non-hydrogen) atoms. The van der Waals surface area contributed by atoms with Gasteiger partial charge < -0.3 is 10.4 Å². The van der Waals surface area contributed by atoms with Crippen LogP contribution in [0.25, 0.3) is 0 Å². The van der Waals surface area contributed by atoms with Crippen LogP contribution in [0.15, 0.2) is 30.9 Å². The lowest BCUT2D eigenvalue weighted by molar-refractivity contribution is -0.137. The maximum absolute atomic E-state index is 12.9. The molecular weight excluding hydrogens is 255 g/mol. The van der Waals surface area contributed by atoms with Crippen LogP contribution in [0.5, 0.6) is 0 Å². The van der Waals surface area contributed by atoms with Crippen molar-refractivity contribution in [3.8, 4) is 0 Å². The Morgan fingerprint density at radius 2 is 2.16 bits per heavy atom. The van der Waals surface area contributed by atoms with E-state index < -0.39 is 17.7 Å². The van der Waals surface area contributed by atoms with E-state index in [0.717, 1.165) is 16.9 Å². The highest BCUT2D eigenvalue weighted by atomic mass is 19.1. The molecule has 0 aliphatic rings. The summed E-state index contributed by atoms with van der Waals surface area (Å²) in [6, 6.07) is 1.05. The minimum absolute atomic E-state index is 0.0611. The van der Waals surface area contributed by atoms with Gasteiger partial charge in [-0.25, -0.2) is 4.39 Å². The normalized spacial score (nSPS) is 10.2. The van der Waals surface area contributed by atoms with Crippen LogP contribution in [0.2, 0.25) is 0 Å². The van der Waals surface area contributed by atoms with E-state index in [1.165, 1.54) is 18.6 Å². The van der Waals surface area contributed by atoms with Crippen molar-refractivity contribution in [3.63, 3.8) is 0 Å². The van der Waals surface area contributed by atoms with E-state index >= 15 is 0 Å². The molecule has 0 fully saturated rings. The number of hydrogen-bond donors (Lipinski definition) is 2. The summed E-state index contributed by atoms with van der Waals surface area (Å²) in [6.45, 7) is -0.308. The second-order valence-corrected chi connectivity index (χ2v) is 3.67. The smallest absolute Gasteiger partial charge is 0.325 e. The van der Waals surface area contributed by atoms with Crippen molar-refractivity contribution in [3.05, 3.63) is 42.2 Å². The van der Waals surface area contributed by atoms with Crippen LogP contribution in [-0.4, -0.2) is 31.7 Å². The Morgan fingerprint density at radius 1 is 1.37 bits per heavy atom. The summed E-state index contributed by atoms with van der Waals surface area (Å²) in [5, 5.41) is 14.8. The van der Waals surface area contributed by atoms with E-state index in [-0.39, 0.29) is 12.1 Å². The van der Waals surface area contributed by atoms with Gasteiger partial charge in [-0.3, -0.25) is 19.3 Å². The van der Waals surface area contributed by atoms with Crippen LogP contribution in [0.4, 0.5) is 10.1 Å². The summed E-state index contributed by atoms with van der Waals surface area (Å²) in [7, 11) is 0. The molecule has 2 heterocycles. The zero-order chi connectivity index (χ0) is 13.8. The third-order valence-electron chi connectivity index (χ3n) is 2.16. The minimum atomic E-state index is -1.05. The Kier molecular flexibility index (Phi) is 3.51. The number of anilines is 1. The zero-order valence-corrected chi connectivity index (χ0v) is 9.58. The van der Waals surface area contributed by atoms with Gasteiger partial charge in [0.1, 0.15) is 12.4 Å². The number of pyridine rings is 1. The summed E-state index contributed by atoms with van der Waals surface area (Å²) < 4.78 is 14.0. The fraction of sp³-hybridized carbons (Fsp3) is 0.0909. The van der Waals surface area contributed by atoms with Crippen LogP contribution >= 0.6 is 0 Å². The molecule has 0 saturated carbocycles. The maximum atomic E-state index is 12.9. The van der Waals surface area contributed by atoms with Crippen molar-refractivity contribution in [1.82, 2.24) is 14.8 Å². The lowest BCUT2D eigenvalue weighted by atomic mass is 10.2. The SMILES string of the molecule is O=C(O)Cn1cc(NC(=O)c2cncc(F)c2)cn1. The number of nitrogens with one attached hydrogen (secondary N) is 1. The molecule has 0 aliphatic heterocycles. The number of carbonyl (C=O) groups excluding carboxylic acids is 1. The fourth-order valence-corrected chi connectivity index (χ4v) is 1.39. The van der Waals surface area contributed by atoms with Crippen LogP contribution in [0, 0.1) is 5.82 Å². The third kappa shape index (κ3) is 3.35. The Bertz CT molecular complexity index is 626. The van der Waals surface area contributed by atoms with Gasteiger partial charge >= 0.3 is 5.97 Å². The van der Waals surface area contributed by atoms with Crippen molar-refractivity contribution >= 4 is 17.6 Å². The highest BCUT2D eigenvalue weighted by Gasteiger charge is 2.09. The molecule has 0 unspecified atom stereocenters. The van der Waals surface area contributed by atoms with Gasteiger partial charge in [0.2, 0.25) is 0 Å². The average Bonchev–Trinajstić information content (AvgIpc) is 2.75. The predicted molar refractivity (Wildman–Crippen MR) is 62.0 cm³/mol. The molecule has 0 atom stereocenters. The Morgan fingerprint density at radius 3 is 2.84 bits per heavy atom. The molecule has 2 aromatic heterocycles. The minimum Gasteiger partial charge on any atom is -0.480 e. The van der Waals surface area contributed by atoms with Gasteiger partial charge in [-0.15, -0.1) is 0 Å². The van der Waals surface area contributed by atoms with E-state index in [1.54, 1.807) is 0 Å². The molecule has 0 bridgehead atoms. The Labute approximate surface area is 106 Å². The largest absolute Gasteiger partial charge is 0.480 e. The summed E-state index contributed by atoms with van der Waals surface area (Å²) in [5.74, 6) is -2.22. The molecular formula is C11H9FN4O3. The number of aliphatic carboxylic acids is 1. The van der Waals surface area contributed by atoms with Crippen molar-refractivity contribution in [1.29, 1.82) is 0 Å². The van der Waals surface area contributed by atoms with Gasteiger partial charge in [0, 0.05) is 12.4 Å². The van der Waals surface area contributed by atoms with Crippen molar-refractivity contribution in [2.24, 2.45) is 0 Å². The Balaban J connectivity index is 2.06. The molecule has 0 radical (unpaired) electrons. The molecule has 2 rings (SSSR count). The third-order valence-corrected chi connectivity index (χ3v) is 2.16. The Hall–Kier alpha value is -2.77. The van der Waals surface area contributed by atoms with Crippen LogP contribution in [-0.2, 0) is 11.3 Å². The molecule has 8 heteroatoms. The maximum Gasteiger partial charge on any atom is 0.325 e. The summed E-state index contributed by atoms with van der Waals surface area (Å²) in [4.78, 5) is 25.7. The number of halogens is 1. The standard InChI is InChI=1S/C11H9FN4O3/c12-8-1-7(2-13-3-8)11(19)15-9-4-14-16(5-9)6-10(17)18/h1-5H,6H2,(H,15,19)(H,17,18). The first-order chi connectivity index (χ1) is 9.04. The average molecular weight is 264 g/mol. The summed E-state index contributed by atoms with van der Waals surface area (Å²) in [5.41, 5.74) is 0.376. The van der Waals surface area contributed by atoms with Crippen molar-refractivity contribution in [2.75, 3.05) is 5.32 Å². The zero-order valence-electron chi connectivity index (χ0n) is 9.58. The van der Waals surface area contributed by atoms with E-state index in [1.807, 2.05) is 0 Å². The van der Waals surface area contributed by atoms with Crippen LogP contribution in [0.3, 0.4) is 0 Å². The van der Waals surface area contributed by atoms with Crippen LogP contribution in [0.1, 0.15) is 10.4 Å². The quantitative estimate of drug-likeness (QED) is 0.849. The summed E-state index contributed by atoms with van der Waals surface area (Å²) in [6.07, 6.45) is 4.87. The highest BCUT2D eigenvalue weighted by Crippen LogP contribution is 2.08. The topological polar surface area (TPSA) is 97.1 Å². The second-order valence-electron chi connectivity index (χ2n) is 3.67. The van der Waals surface area contributed by atoms with Gasteiger partial charge in [0.05, 0.1) is 23.6 Å². The van der Waals surface area contributed by atoms with Gasteiger partial charge in [-0.2, -0.15) is 5.10 Å². The number of amides is 1. The van der Waals surface area contributed by atoms with E-state index in [4.69, 9.17) is 5.11 Å². The number of aromatic nitrogens is 3. The van der Waals surface area contributed by atoms with Gasteiger partial charge in [0.25, 0.3) is 5.91 Å². The van der Waals surface area contributed by atoms with Crippen molar-refractivity contribution < 1.29 is 19.1 Å². The molecule has 0 spiro atoms. The monoisotopic (exact) mass is 264 g/mol. The molecule has 0 aromatic carbocycles. The molecule has 0 aliphatic carbocycles. The van der Waals surface area contributed by atoms with E-state index in [9.17, 15) is 14.0 Å². The van der Waals surface area contributed by atoms with Gasteiger partial charge in [-0.05, 0) is 6.07 Å². The summed E-state index contributed by atoms with van der Waals surface area (Å²) >= 11 is 0. The highest BCUT2D eigenvalue weighted by molar-refractivity contribution is 6.03. The number of carboxylic acids is 1. The molecule has 98 valence electrons. The second kappa shape index (κ2) is 5.25. The lowest BCUT2D eigenvalue weighted by Gasteiger charge is -2.01. The van der Waals surface area contributed by atoms with Crippen molar-refractivity contribution in [2.45, 2.75) is 6.54 Å². The first-order valence-corrected chi connectivity index (χ1v) is 5.21.